The minimum Gasteiger partial charge on any atom is -0.387 e. The second kappa shape index (κ2) is 3.15. The fourth-order valence-corrected chi connectivity index (χ4v) is 1.45. The first kappa shape index (κ1) is 8.20. The van der Waals surface area contributed by atoms with E-state index in [1.54, 1.807) is 6.20 Å². The molecule has 1 N–H and O–H groups in total. The molecule has 2 rings (SSSR count). The Morgan fingerprint density at radius 1 is 1.50 bits per heavy atom. The van der Waals surface area contributed by atoms with Crippen molar-refractivity contribution in [3.8, 4) is 0 Å². The first-order chi connectivity index (χ1) is 5.77. The van der Waals surface area contributed by atoms with Crippen molar-refractivity contribution in [2.24, 2.45) is 5.92 Å². The number of halogens is 1. The van der Waals surface area contributed by atoms with Crippen LogP contribution in [0, 0.1) is 5.92 Å². The molecular weight excluding hydrogens is 218 g/mol. The minimum atomic E-state index is -0.349. The van der Waals surface area contributed by atoms with Gasteiger partial charge in [0.05, 0.1) is 11.8 Å². The summed E-state index contributed by atoms with van der Waals surface area (Å²) in [5.74, 6) is 0.457. The molecule has 0 unspecified atom stereocenters. The predicted molar refractivity (Wildman–Crippen MR) is 49.6 cm³/mol. The van der Waals surface area contributed by atoms with Crippen molar-refractivity contribution in [1.82, 2.24) is 4.98 Å². The molecule has 3 heteroatoms. The fraction of sp³-hybridized carbons (Fsp3) is 0.444. The summed E-state index contributed by atoms with van der Waals surface area (Å²) < 4.78 is 0.953. The Bertz CT molecular complexity index is 268. The monoisotopic (exact) mass is 227 g/mol. The highest BCUT2D eigenvalue weighted by molar-refractivity contribution is 9.10. The van der Waals surface area contributed by atoms with Crippen LogP contribution in [0.5, 0.6) is 0 Å². The van der Waals surface area contributed by atoms with Crippen LogP contribution in [0.4, 0.5) is 0 Å². The summed E-state index contributed by atoms with van der Waals surface area (Å²) in [6, 6.07) is 3.78. The van der Waals surface area contributed by atoms with Crippen molar-refractivity contribution in [1.29, 1.82) is 0 Å². The molecule has 1 aliphatic rings. The molecular formula is C9H10BrNO. The van der Waals surface area contributed by atoms with Gasteiger partial charge in [-0.1, -0.05) is 0 Å². The number of pyridine rings is 1. The van der Waals surface area contributed by atoms with E-state index in [1.165, 1.54) is 0 Å². The number of aliphatic hydroxyl groups is 1. The number of aliphatic hydroxyl groups excluding tert-OH is 1. The van der Waals surface area contributed by atoms with Crippen molar-refractivity contribution < 1.29 is 5.11 Å². The average Bonchev–Trinajstić information content (AvgIpc) is 2.87. The van der Waals surface area contributed by atoms with Crippen LogP contribution in [0.25, 0.3) is 0 Å². The summed E-state index contributed by atoms with van der Waals surface area (Å²) in [6.07, 6.45) is 3.65. The number of aromatic nitrogens is 1. The van der Waals surface area contributed by atoms with Crippen molar-refractivity contribution in [2.45, 2.75) is 18.9 Å². The Hall–Kier alpha value is -0.410. The first-order valence-corrected chi connectivity index (χ1v) is 4.86. The van der Waals surface area contributed by atoms with Gasteiger partial charge < -0.3 is 5.11 Å². The molecule has 0 radical (unpaired) electrons. The Kier molecular flexibility index (Phi) is 2.15. The Labute approximate surface area is 79.8 Å². The average molecular weight is 228 g/mol. The standard InChI is InChI=1S/C9H10BrNO/c10-7-3-4-8(11-5-7)9(12)6-1-2-6/h3-6,9,12H,1-2H2/t9-/m1/s1. The van der Waals surface area contributed by atoms with Gasteiger partial charge in [-0.2, -0.15) is 0 Å². The van der Waals surface area contributed by atoms with Gasteiger partial charge in [-0.25, -0.2) is 0 Å². The maximum absolute atomic E-state index is 9.67. The van der Waals surface area contributed by atoms with Gasteiger partial charge >= 0.3 is 0 Å². The molecule has 1 saturated carbocycles. The van der Waals surface area contributed by atoms with Crippen LogP contribution in [0.2, 0.25) is 0 Å². The summed E-state index contributed by atoms with van der Waals surface area (Å²) in [7, 11) is 0. The maximum Gasteiger partial charge on any atom is 0.0987 e. The topological polar surface area (TPSA) is 33.1 Å². The van der Waals surface area contributed by atoms with E-state index in [9.17, 15) is 5.11 Å². The highest BCUT2D eigenvalue weighted by atomic mass is 79.9. The van der Waals surface area contributed by atoms with E-state index in [4.69, 9.17) is 0 Å². The van der Waals surface area contributed by atoms with Gasteiger partial charge in [0.2, 0.25) is 0 Å². The van der Waals surface area contributed by atoms with E-state index in [-0.39, 0.29) is 6.10 Å². The molecule has 2 nitrogen and oxygen atoms in total. The van der Waals surface area contributed by atoms with Crippen molar-refractivity contribution >= 4 is 15.9 Å². The zero-order chi connectivity index (χ0) is 8.55. The number of hydrogen-bond acceptors (Lipinski definition) is 2. The van der Waals surface area contributed by atoms with Gasteiger partial charge in [0.15, 0.2) is 0 Å². The number of rotatable bonds is 2. The molecule has 12 heavy (non-hydrogen) atoms. The second-order valence-electron chi connectivity index (χ2n) is 3.18. The molecule has 0 amide bonds. The predicted octanol–water partition coefficient (Wildman–Crippen LogP) is 2.29. The Morgan fingerprint density at radius 2 is 2.25 bits per heavy atom. The van der Waals surface area contributed by atoms with Crippen molar-refractivity contribution in [3.63, 3.8) is 0 Å². The Balaban J connectivity index is 2.16. The molecule has 0 aliphatic heterocycles. The second-order valence-corrected chi connectivity index (χ2v) is 4.10. The number of nitrogens with zero attached hydrogens (tertiary/aromatic N) is 1. The normalized spacial score (nSPS) is 19.2. The molecule has 0 aromatic carbocycles. The molecule has 1 aromatic rings. The molecule has 1 atom stereocenters. The van der Waals surface area contributed by atoms with Gasteiger partial charge in [0, 0.05) is 10.7 Å². The smallest absolute Gasteiger partial charge is 0.0987 e. The van der Waals surface area contributed by atoms with E-state index >= 15 is 0 Å². The third-order valence-corrected chi connectivity index (χ3v) is 2.59. The lowest BCUT2D eigenvalue weighted by Crippen LogP contribution is -2.01. The van der Waals surface area contributed by atoms with Gasteiger partial charge in [-0.15, -0.1) is 0 Å². The summed E-state index contributed by atoms with van der Waals surface area (Å²) in [5, 5.41) is 9.67. The summed E-state index contributed by atoms with van der Waals surface area (Å²) in [6.45, 7) is 0. The van der Waals surface area contributed by atoms with Gasteiger partial charge in [-0.3, -0.25) is 4.98 Å². The van der Waals surface area contributed by atoms with E-state index < -0.39 is 0 Å². The van der Waals surface area contributed by atoms with Gasteiger partial charge in [0.25, 0.3) is 0 Å². The Morgan fingerprint density at radius 3 is 2.75 bits per heavy atom. The SMILES string of the molecule is O[C@@H](c1ccc(Br)cn1)C1CC1. The van der Waals surface area contributed by atoms with Crippen molar-refractivity contribution in [2.75, 3.05) is 0 Å². The third-order valence-electron chi connectivity index (χ3n) is 2.12. The lowest BCUT2D eigenvalue weighted by molar-refractivity contribution is 0.149. The van der Waals surface area contributed by atoms with E-state index in [1.807, 2.05) is 12.1 Å². The lowest BCUT2D eigenvalue weighted by Gasteiger charge is -2.07. The maximum atomic E-state index is 9.67. The van der Waals surface area contributed by atoms with Crippen LogP contribution >= 0.6 is 15.9 Å². The van der Waals surface area contributed by atoms with Gasteiger partial charge in [-0.05, 0) is 46.8 Å². The molecule has 1 heterocycles. The largest absolute Gasteiger partial charge is 0.387 e. The highest BCUT2D eigenvalue weighted by Crippen LogP contribution is 2.40. The summed E-state index contributed by atoms with van der Waals surface area (Å²) >= 11 is 3.30. The zero-order valence-corrected chi connectivity index (χ0v) is 8.16. The van der Waals surface area contributed by atoms with Crippen LogP contribution in [-0.4, -0.2) is 10.1 Å². The summed E-state index contributed by atoms with van der Waals surface area (Å²) in [5.41, 5.74) is 0.792. The molecule has 64 valence electrons. The van der Waals surface area contributed by atoms with E-state index in [0.717, 1.165) is 23.0 Å². The third kappa shape index (κ3) is 1.67. The van der Waals surface area contributed by atoms with Gasteiger partial charge in [0.1, 0.15) is 0 Å². The van der Waals surface area contributed by atoms with Crippen LogP contribution in [0.3, 0.4) is 0 Å². The molecule has 0 bridgehead atoms. The number of hydrogen-bond donors (Lipinski definition) is 1. The first-order valence-electron chi connectivity index (χ1n) is 4.07. The molecule has 0 spiro atoms. The molecule has 1 fully saturated rings. The lowest BCUT2D eigenvalue weighted by atomic mass is 10.1. The van der Waals surface area contributed by atoms with Crippen LogP contribution in [-0.2, 0) is 0 Å². The molecule has 0 saturated heterocycles. The van der Waals surface area contributed by atoms with E-state index in [2.05, 4.69) is 20.9 Å². The quantitative estimate of drug-likeness (QED) is 0.842. The molecule has 1 aliphatic carbocycles. The summed E-state index contributed by atoms with van der Waals surface area (Å²) in [4.78, 5) is 4.14. The fourth-order valence-electron chi connectivity index (χ4n) is 1.22. The van der Waals surface area contributed by atoms with Crippen molar-refractivity contribution in [3.05, 3.63) is 28.5 Å². The van der Waals surface area contributed by atoms with Crippen LogP contribution in [0.1, 0.15) is 24.6 Å². The highest BCUT2D eigenvalue weighted by Gasteiger charge is 2.31. The van der Waals surface area contributed by atoms with Crippen LogP contribution < -0.4 is 0 Å². The minimum absolute atomic E-state index is 0.349. The zero-order valence-electron chi connectivity index (χ0n) is 6.57. The van der Waals surface area contributed by atoms with Crippen LogP contribution in [0.15, 0.2) is 22.8 Å². The van der Waals surface area contributed by atoms with E-state index in [0.29, 0.717) is 5.92 Å². The molecule has 1 aromatic heterocycles.